The molecule has 2 aromatic carbocycles. The van der Waals surface area contributed by atoms with Crippen molar-refractivity contribution in [3.63, 3.8) is 0 Å². The van der Waals surface area contributed by atoms with Gasteiger partial charge in [0, 0.05) is 35.2 Å². The number of morpholine rings is 1. The van der Waals surface area contributed by atoms with Crippen LogP contribution < -0.4 is 10.1 Å². The van der Waals surface area contributed by atoms with Crippen molar-refractivity contribution >= 4 is 45.0 Å². The molecule has 1 saturated heterocycles. The summed E-state index contributed by atoms with van der Waals surface area (Å²) in [4.78, 5) is 13.5. The van der Waals surface area contributed by atoms with Crippen LogP contribution in [0.25, 0.3) is 0 Å². The number of hydrogen-bond acceptors (Lipinski definition) is 6. The lowest BCUT2D eigenvalue weighted by molar-refractivity contribution is -0.115. The molecule has 0 radical (unpaired) electrons. The number of thioether (sulfide) groups is 1. The number of ether oxygens (including phenoxy) is 2. The Balaban J connectivity index is 1.65. The molecule has 1 N–H and O–H groups in total. The SMILES string of the molecule is COc1ccc(S(=O)(=O)N2CCOCC2)cc1NC(=O)CCSc1ccc(Cl)cc1. The predicted octanol–water partition coefficient (Wildman–Crippen LogP) is 3.49. The first-order valence-corrected chi connectivity index (χ1v) is 12.1. The average molecular weight is 471 g/mol. The molecule has 0 unspecified atom stereocenters. The molecule has 0 aromatic heterocycles. The number of carbonyl (C=O) groups excluding carboxylic acids is 1. The first kappa shape index (κ1) is 22.9. The average Bonchev–Trinajstić information content (AvgIpc) is 2.75. The third kappa shape index (κ3) is 5.89. The van der Waals surface area contributed by atoms with E-state index in [0.717, 1.165) is 4.90 Å². The van der Waals surface area contributed by atoms with Crippen LogP contribution >= 0.6 is 23.4 Å². The maximum Gasteiger partial charge on any atom is 0.243 e. The molecule has 0 spiro atoms. The Kier molecular flexibility index (Phi) is 8.01. The van der Waals surface area contributed by atoms with E-state index in [4.69, 9.17) is 21.1 Å². The Morgan fingerprint density at radius 3 is 2.57 bits per heavy atom. The predicted molar refractivity (Wildman–Crippen MR) is 118 cm³/mol. The Hall–Kier alpha value is -1.78. The van der Waals surface area contributed by atoms with Gasteiger partial charge in [-0.3, -0.25) is 4.79 Å². The molecule has 1 fully saturated rings. The maximum atomic E-state index is 12.9. The fourth-order valence-corrected chi connectivity index (χ4v) is 5.30. The summed E-state index contributed by atoms with van der Waals surface area (Å²) in [5.41, 5.74) is 0.327. The number of benzene rings is 2. The van der Waals surface area contributed by atoms with Gasteiger partial charge in [-0.15, -0.1) is 11.8 Å². The second kappa shape index (κ2) is 10.5. The van der Waals surface area contributed by atoms with Gasteiger partial charge in [-0.25, -0.2) is 8.42 Å². The van der Waals surface area contributed by atoms with Gasteiger partial charge >= 0.3 is 0 Å². The zero-order chi connectivity index (χ0) is 21.6. The van der Waals surface area contributed by atoms with Crippen LogP contribution in [-0.2, 0) is 19.6 Å². The number of nitrogens with zero attached hydrogens (tertiary/aromatic N) is 1. The van der Waals surface area contributed by atoms with Crippen molar-refractivity contribution in [2.75, 3.05) is 44.5 Å². The number of halogens is 1. The third-order valence-corrected chi connectivity index (χ3v) is 7.62. The van der Waals surface area contributed by atoms with Gasteiger partial charge in [0.2, 0.25) is 15.9 Å². The molecule has 7 nitrogen and oxygen atoms in total. The van der Waals surface area contributed by atoms with E-state index >= 15 is 0 Å². The van der Waals surface area contributed by atoms with Crippen LogP contribution in [0.1, 0.15) is 6.42 Å². The van der Waals surface area contributed by atoms with Crippen molar-refractivity contribution in [3.8, 4) is 5.75 Å². The number of amides is 1. The molecule has 2 aromatic rings. The molecule has 0 atom stereocenters. The van der Waals surface area contributed by atoms with Gasteiger partial charge in [-0.2, -0.15) is 4.31 Å². The van der Waals surface area contributed by atoms with Crippen LogP contribution in [0.2, 0.25) is 5.02 Å². The topological polar surface area (TPSA) is 84.9 Å². The van der Waals surface area contributed by atoms with E-state index in [9.17, 15) is 13.2 Å². The zero-order valence-electron chi connectivity index (χ0n) is 16.5. The first-order chi connectivity index (χ1) is 14.4. The highest BCUT2D eigenvalue weighted by Gasteiger charge is 2.27. The number of rotatable bonds is 8. The molecule has 1 amide bonds. The molecule has 10 heteroatoms. The summed E-state index contributed by atoms with van der Waals surface area (Å²) in [7, 11) is -2.20. The number of carbonyl (C=O) groups is 1. The monoisotopic (exact) mass is 470 g/mol. The maximum absolute atomic E-state index is 12.9. The number of nitrogens with one attached hydrogen (secondary N) is 1. The highest BCUT2D eigenvalue weighted by molar-refractivity contribution is 7.99. The van der Waals surface area contributed by atoms with Crippen LogP contribution in [0.4, 0.5) is 5.69 Å². The highest BCUT2D eigenvalue weighted by Crippen LogP contribution is 2.29. The molecule has 0 aliphatic carbocycles. The van der Waals surface area contributed by atoms with Gasteiger partial charge in [0.25, 0.3) is 0 Å². The molecule has 3 rings (SSSR count). The van der Waals surface area contributed by atoms with Gasteiger partial charge in [0.15, 0.2) is 0 Å². The number of sulfonamides is 1. The van der Waals surface area contributed by atoms with Crippen LogP contribution in [0.15, 0.2) is 52.3 Å². The van der Waals surface area contributed by atoms with Crippen LogP contribution in [0.5, 0.6) is 5.75 Å². The van der Waals surface area contributed by atoms with Gasteiger partial charge in [0.05, 0.1) is 30.9 Å². The lowest BCUT2D eigenvalue weighted by Gasteiger charge is -2.26. The molecule has 1 aliphatic rings. The molecule has 1 aliphatic heterocycles. The highest BCUT2D eigenvalue weighted by atomic mass is 35.5. The van der Waals surface area contributed by atoms with Gasteiger partial charge < -0.3 is 14.8 Å². The van der Waals surface area contributed by atoms with E-state index in [0.29, 0.717) is 48.5 Å². The molecule has 0 saturated carbocycles. The third-order valence-electron chi connectivity index (χ3n) is 4.46. The van der Waals surface area contributed by atoms with Crippen molar-refractivity contribution in [1.82, 2.24) is 4.31 Å². The van der Waals surface area contributed by atoms with Crippen LogP contribution in [0.3, 0.4) is 0 Å². The lowest BCUT2D eigenvalue weighted by Crippen LogP contribution is -2.40. The summed E-state index contributed by atoms with van der Waals surface area (Å²) in [6, 6.07) is 11.9. The smallest absolute Gasteiger partial charge is 0.243 e. The Bertz CT molecular complexity index is 977. The van der Waals surface area contributed by atoms with E-state index in [1.807, 2.05) is 12.1 Å². The number of methoxy groups -OCH3 is 1. The van der Waals surface area contributed by atoms with Gasteiger partial charge in [-0.05, 0) is 42.5 Å². The Morgan fingerprint density at radius 2 is 1.90 bits per heavy atom. The molecular formula is C20H23ClN2O5S2. The van der Waals surface area contributed by atoms with Crippen molar-refractivity contribution in [2.24, 2.45) is 0 Å². The minimum absolute atomic E-state index is 0.107. The Labute approximate surface area is 185 Å². The fourth-order valence-electron chi connectivity index (χ4n) is 2.89. The van der Waals surface area contributed by atoms with Crippen molar-refractivity contribution in [1.29, 1.82) is 0 Å². The largest absolute Gasteiger partial charge is 0.495 e. The molecule has 30 heavy (non-hydrogen) atoms. The summed E-state index contributed by atoms with van der Waals surface area (Å²) >= 11 is 7.41. The van der Waals surface area contributed by atoms with Gasteiger partial charge in [-0.1, -0.05) is 11.6 Å². The summed E-state index contributed by atoms with van der Waals surface area (Å²) in [6.45, 7) is 1.34. The Morgan fingerprint density at radius 1 is 1.20 bits per heavy atom. The summed E-state index contributed by atoms with van der Waals surface area (Å²) in [6.07, 6.45) is 0.261. The van der Waals surface area contributed by atoms with Crippen LogP contribution in [-0.4, -0.2) is 57.8 Å². The van der Waals surface area contributed by atoms with Gasteiger partial charge in [0.1, 0.15) is 5.75 Å². The van der Waals surface area contributed by atoms with E-state index in [-0.39, 0.29) is 17.2 Å². The minimum atomic E-state index is -3.67. The number of hydrogen-bond donors (Lipinski definition) is 1. The molecule has 162 valence electrons. The minimum Gasteiger partial charge on any atom is -0.495 e. The second-order valence-corrected chi connectivity index (χ2v) is 10.0. The van der Waals surface area contributed by atoms with E-state index in [1.165, 1.54) is 35.3 Å². The quantitative estimate of drug-likeness (QED) is 0.594. The van der Waals surface area contributed by atoms with Crippen molar-refractivity contribution in [2.45, 2.75) is 16.2 Å². The fraction of sp³-hybridized carbons (Fsp3) is 0.350. The molecule has 1 heterocycles. The van der Waals surface area contributed by atoms with E-state index in [2.05, 4.69) is 5.32 Å². The lowest BCUT2D eigenvalue weighted by atomic mass is 10.3. The summed E-state index contributed by atoms with van der Waals surface area (Å²) in [5, 5.41) is 3.43. The second-order valence-electron chi connectivity index (χ2n) is 6.48. The molecule has 0 bridgehead atoms. The summed E-state index contributed by atoms with van der Waals surface area (Å²) in [5.74, 6) is 0.743. The number of anilines is 1. The van der Waals surface area contributed by atoms with Crippen LogP contribution in [0, 0.1) is 0 Å². The van der Waals surface area contributed by atoms with E-state index in [1.54, 1.807) is 18.2 Å². The normalized spacial score (nSPS) is 15.0. The van der Waals surface area contributed by atoms with Crippen molar-refractivity contribution < 1.29 is 22.7 Å². The van der Waals surface area contributed by atoms with Crippen molar-refractivity contribution in [3.05, 3.63) is 47.5 Å². The first-order valence-electron chi connectivity index (χ1n) is 9.34. The zero-order valence-corrected chi connectivity index (χ0v) is 18.9. The summed E-state index contributed by atoms with van der Waals surface area (Å²) < 4.78 is 37.7. The molecular weight excluding hydrogens is 448 g/mol. The standard InChI is InChI=1S/C20H23ClN2O5S2/c1-27-19-7-6-17(30(25,26)23-9-11-28-12-10-23)14-18(19)22-20(24)8-13-29-16-4-2-15(21)3-5-16/h2-7,14H,8-13H2,1H3,(H,22,24). The van der Waals surface area contributed by atoms with E-state index < -0.39 is 10.0 Å².